The first-order chi connectivity index (χ1) is 7.18. The third-order valence-electron chi connectivity index (χ3n) is 3.63. The molecule has 0 bridgehead atoms. The Kier molecular flexibility index (Phi) is 3.42. The van der Waals surface area contributed by atoms with Crippen molar-refractivity contribution in [3.8, 4) is 0 Å². The zero-order valence-electron chi connectivity index (χ0n) is 9.37. The van der Waals surface area contributed by atoms with E-state index < -0.39 is 5.60 Å². The summed E-state index contributed by atoms with van der Waals surface area (Å²) < 4.78 is 0. The Balaban J connectivity index is 1.86. The Bertz CT molecular complexity index is 234. The van der Waals surface area contributed by atoms with E-state index in [2.05, 4.69) is 4.90 Å². The lowest BCUT2D eigenvalue weighted by atomic mass is 9.84. The molecule has 0 radical (unpaired) electrons. The normalized spacial score (nSPS) is 27.9. The average Bonchev–Trinajstić information content (AvgIpc) is 2.18. The van der Waals surface area contributed by atoms with Gasteiger partial charge in [0.25, 0.3) is 0 Å². The van der Waals surface area contributed by atoms with Crippen LogP contribution in [0.25, 0.3) is 0 Å². The first-order valence-corrected chi connectivity index (χ1v) is 6.14. The van der Waals surface area contributed by atoms with Crippen molar-refractivity contribution in [2.45, 2.75) is 50.5 Å². The highest BCUT2D eigenvalue weighted by atomic mass is 16.3. The molecular weight excluding hydrogens is 190 g/mol. The molecule has 15 heavy (non-hydrogen) atoms. The van der Waals surface area contributed by atoms with Crippen LogP contribution in [0.15, 0.2) is 0 Å². The van der Waals surface area contributed by atoms with Crippen molar-refractivity contribution in [1.82, 2.24) is 4.90 Å². The van der Waals surface area contributed by atoms with E-state index in [9.17, 15) is 9.90 Å². The largest absolute Gasteiger partial charge is 0.389 e. The number of ketones is 1. The topological polar surface area (TPSA) is 40.5 Å². The number of hydrogen-bond donors (Lipinski definition) is 1. The van der Waals surface area contributed by atoms with Crippen molar-refractivity contribution in [2.75, 3.05) is 19.6 Å². The Hall–Kier alpha value is -0.410. The van der Waals surface area contributed by atoms with Crippen LogP contribution in [0, 0.1) is 0 Å². The van der Waals surface area contributed by atoms with Gasteiger partial charge in [-0.15, -0.1) is 0 Å². The van der Waals surface area contributed by atoms with Crippen molar-refractivity contribution in [2.24, 2.45) is 0 Å². The summed E-state index contributed by atoms with van der Waals surface area (Å²) in [5.41, 5.74) is -0.504. The summed E-state index contributed by atoms with van der Waals surface area (Å²) in [6.07, 6.45) is 7.05. The predicted octanol–water partition coefficient (Wildman–Crippen LogP) is 1.35. The zero-order chi connectivity index (χ0) is 10.7. The maximum absolute atomic E-state index is 11.3. The molecule has 3 heteroatoms. The summed E-state index contributed by atoms with van der Waals surface area (Å²) in [4.78, 5) is 13.4. The van der Waals surface area contributed by atoms with Crippen molar-refractivity contribution in [3.05, 3.63) is 0 Å². The number of likely N-dealkylation sites (tertiary alicyclic amines) is 1. The van der Waals surface area contributed by atoms with E-state index in [4.69, 9.17) is 0 Å². The second-order valence-corrected chi connectivity index (χ2v) is 5.14. The molecule has 0 amide bonds. The number of hydrogen-bond acceptors (Lipinski definition) is 3. The van der Waals surface area contributed by atoms with Crippen LogP contribution in [0.5, 0.6) is 0 Å². The maximum Gasteiger partial charge on any atom is 0.146 e. The van der Waals surface area contributed by atoms with Gasteiger partial charge in [0.2, 0.25) is 0 Å². The van der Waals surface area contributed by atoms with Crippen LogP contribution >= 0.6 is 0 Å². The predicted molar refractivity (Wildman–Crippen MR) is 58.7 cm³/mol. The highest BCUT2D eigenvalue weighted by molar-refractivity contribution is 5.81. The number of rotatable bonds is 2. The summed E-state index contributed by atoms with van der Waals surface area (Å²) >= 11 is 0. The third kappa shape index (κ3) is 3.02. The lowest BCUT2D eigenvalue weighted by Gasteiger charge is -2.38. The Morgan fingerprint density at radius 3 is 2.60 bits per heavy atom. The lowest BCUT2D eigenvalue weighted by Crippen LogP contribution is -2.48. The standard InChI is InChI=1S/C12H21NO2/c14-11-5-4-8-13(9-11)10-12(15)6-2-1-3-7-12/h15H,1-10H2. The van der Waals surface area contributed by atoms with Crippen LogP contribution in [0.2, 0.25) is 0 Å². The van der Waals surface area contributed by atoms with Gasteiger partial charge in [-0.05, 0) is 25.8 Å². The van der Waals surface area contributed by atoms with Crippen LogP contribution in [-0.2, 0) is 4.79 Å². The number of aliphatic hydroxyl groups is 1. The highest BCUT2D eigenvalue weighted by Crippen LogP contribution is 2.29. The molecule has 0 atom stereocenters. The van der Waals surface area contributed by atoms with Crippen LogP contribution in [-0.4, -0.2) is 41.0 Å². The van der Waals surface area contributed by atoms with Crippen molar-refractivity contribution >= 4 is 5.78 Å². The van der Waals surface area contributed by atoms with E-state index >= 15 is 0 Å². The van der Waals surface area contributed by atoms with Crippen molar-refractivity contribution in [3.63, 3.8) is 0 Å². The molecule has 0 unspecified atom stereocenters. The molecule has 2 aliphatic rings. The molecule has 1 saturated heterocycles. The summed E-state index contributed by atoms with van der Waals surface area (Å²) in [6.45, 7) is 2.25. The van der Waals surface area contributed by atoms with Gasteiger partial charge in [-0.3, -0.25) is 9.69 Å². The number of nitrogens with zero attached hydrogens (tertiary/aromatic N) is 1. The average molecular weight is 211 g/mol. The molecule has 1 heterocycles. The third-order valence-corrected chi connectivity index (χ3v) is 3.63. The van der Waals surface area contributed by atoms with Gasteiger partial charge in [0.15, 0.2) is 0 Å². The van der Waals surface area contributed by atoms with E-state index in [0.717, 1.165) is 45.1 Å². The van der Waals surface area contributed by atoms with Crippen LogP contribution in [0.4, 0.5) is 0 Å². The number of carbonyl (C=O) groups excluding carboxylic acids is 1. The SMILES string of the molecule is O=C1CCCN(CC2(O)CCCCC2)C1. The van der Waals surface area contributed by atoms with E-state index in [1.54, 1.807) is 0 Å². The lowest BCUT2D eigenvalue weighted by molar-refractivity contribution is -0.123. The van der Waals surface area contributed by atoms with Gasteiger partial charge in [-0.1, -0.05) is 19.3 Å². The van der Waals surface area contributed by atoms with Gasteiger partial charge in [0, 0.05) is 13.0 Å². The molecule has 1 N–H and O–H groups in total. The minimum atomic E-state index is -0.504. The van der Waals surface area contributed by atoms with Crippen molar-refractivity contribution < 1.29 is 9.90 Å². The fraction of sp³-hybridized carbons (Fsp3) is 0.917. The van der Waals surface area contributed by atoms with E-state index in [1.807, 2.05) is 0 Å². The van der Waals surface area contributed by atoms with Crippen molar-refractivity contribution in [1.29, 1.82) is 0 Å². The molecule has 1 aliphatic heterocycles. The minimum Gasteiger partial charge on any atom is -0.389 e. The summed E-state index contributed by atoms with van der Waals surface area (Å²) in [6, 6.07) is 0. The monoisotopic (exact) mass is 211 g/mol. The molecular formula is C12H21NO2. The summed E-state index contributed by atoms with van der Waals surface area (Å²) in [5, 5.41) is 10.4. The zero-order valence-corrected chi connectivity index (χ0v) is 9.37. The Morgan fingerprint density at radius 2 is 1.93 bits per heavy atom. The number of β-amino-alcohol motifs (C(OH)–C–C–N with tert-alkyl or cyclic N) is 1. The molecule has 0 aromatic heterocycles. The minimum absolute atomic E-state index is 0.334. The highest BCUT2D eigenvalue weighted by Gasteiger charge is 2.32. The van der Waals surface area contributed by atoms with Crippen LogP contribution < -0.4 is 0 Å². The van der Waals surface area contributed by atoms with Crippen LogP contribution in [0.1, 0.15) is 44.9 Å². The van der Waals surface area contributed by atoms with Gasteiger partial charge >= 0.3 is 0 Å². The quantitative estimate of drug-likeness (QED) is 0.749. The van der Waals surface area contributed by atoms with Gasteiger partial charge in [-0.25, -0.2) is 0 Å². The van der Waals surface area contributed by atoms with E-state index in [-0.39, 0.29) is 0 Å². The Morgan fingerprint density at radius 1 is 1.20 bits per heavy atom. The number of carbonyl (C=O) groups is 1. The fourth-order valence-corrected chi connectivity index (χ4v) is 2.83. The molecule has 0 aromatic rings. The van der Waals surface area contributed by atoms with Gasteiger partial charge in [0.05, 0.1) is 12.1 Å². The van der Waals surface area contributed by atoms with Gasteiger partial charge in [-0.2, -0.15) is 0 Å². The second kappa shape index (κ2) is 4.62. The van der Waals surface area contributed by atoms with Gasteiger partial charge < -0.3 is 5.11 Å². The fourth-order valence-electron chi connectivity index (χ4n) is 2.83. The molecule has 1 saturated carbocycles. The van der Waals surface area contributed by atoms with E-state index in [1.165, 1.54) is 6.42 Å². The summed E-state index contributed by atoms with van der Waals surface area (Å²) in [7, 11) is 0. The second-order valence-electron chi connectivity index (χ2n) is 5.14. The van der Waals surface area contributed by atoms with Crippen LogP contribution in [0.3, 0.4) is 0 Å². The van der Waals surface area contributed by atoms with Gasteiger partial charge in [0.1, 0.15) is 5.78 Å². The molecule has 3 nitrogen and oxygen atoms in total. The molecule has 0 spiro atoms. The number of Topliss-reactive ketones (excluding diaryl/α,β-unsaturated/α-hetero) is 1. The molecule has 1 aliphatic carbocycles. The molecule has 0 aromatic carbocycles. The molecule has 2 fully saturated rings. The first kappa shape index (κ1) is 11.1. The van der Waals surface area contributed by atoms with E-state index in [0.29, 0.717) is 18.9 Å². The first-order valence-electron chi connectivity index (χ1n) is 6.14. The molecule has 86 valence electrons. The summed E-state index contributed by atoms with van der Waals surface area (Å²) in [5.74, 6) is 0.334. The Labute approximate surface area is 91.5 Å². The number of piperidine rings is 1. The molecule has 2 rings (SSSR count). The maximum atomic E-state index is 11.3. The smallest absolute Gasteiger partial charge is 0.146 e.